The number of hydrogen-bond acceptors (Lipinski definition) is 5. The van der Waals surface area contributed by atoms with Crippen molar-refractivity contribution >= 4 is 0 Å². The van der Waals surface area contributed by atoms with E-state index < -0.39 is 11.9 Å². The van der Waals surface area contributed by atoms with Gasteiger partial charge in [0.05, 0.1) is 6.61 Å². The highest BCUT2D eigenvalue weighted by Gasteiger charge is 2.33. The summed E-state index contributed by atoms with van der Waals surface area (Å²) in [6.07, 6.45) is 0.275. The summed E-state index contributed by atoms with van der Waals surface area (Å²) in [4.78, 5) is 9.48. The minimum atomic E-state index is -4.51. The number of hydrogen-bond donors (Lipinski definition) is 0. The van der Waals surface area contributed by atoms with Gasteiger partial charge in [0.1, 0.15) is 6.10 Å². The highest BCUT2D eigenvalue weighted by Crippen LogP contribution is 2.28. The van der Waals surface area contributed by atoms with E-state index in [1.54, 1.807) is 6.08 Å². The van der Waals surface area contributed by atoms with Gasteiger partial charge >= 0.3 is 12.2 Å². The Morgan fingerprint density at radius 2 is 2.21 bits per heavy atom. The number of aromatic nitrogens is 2. The fourth-order valence-corrected chi connectivity index (χ4v) is 2.46. The van der Waals surface area contributed by atoms with Crippen molar-refractivity contribution in [2.45, 2.75) is 31.5 Å². The van der Waals surface area contributed by atoms with Crippen molar-refractivity contribution < 1.29 is 22.6 Å². The first-order chi connectivity index (χ1) is 11.5. The Bertz CT molecular complexity index is 518. The molecule has 2 rings (SSSR count). The normalized spacial score (nSPS) is 18.0. The van der Waals surface area contributed by atoms with E-state index in [1.165, 1.54) is 0 Å². The van der Waals surface area contributed by atoms with Gasteiger partial charge in [0, 0.05) is 32.4 Å². The van der Waals surface area contributed by atoms with Crippen LogP contribution >= 0.6 is 0 Å². The van der Waals surface area contributed by atoms with E-state index in [9.17, 15) is 13.2 Å². The molecule has 0 amide bonds. The summed E-state index contributed by atoms with van der Waals surface area (Å²) in [6, 6.07) is 0.586. The number of halogens is 3. The van der Waals surface area contributed by atoms with Crippen LogP contribution in [-0.2, 0) is 10.9 Å². The van der Waals surface area contributed by atoms with E-state index in [-0.39, 0.29) is 12.1 Å². The molecule has 134 valence electrons. The van der Waals surface area contributed by atoms with Gasteiger partial charge in [-0.2, -0.15) is 18.2 Å². The van der Waals surface area contributed by atoms with Crippen molar-refractivity contribution in [2.75, 3.05) is 32.8 Å². The van der Waals surface area contributed by atoms with Crippen LogP contribution in [0.15, 0.2) is 24.9 Å². The van der Waals surface area contributed by atoms with Crippen LogP contribution in [0.5, 0.6) is 6.01 Å². The highest BCUT2D eigenvalue weighted by molar-refractivity contribution is 5.09. The maximum atomic E-state index is 12.7. The van der Waals surface area contributed by atoms with E-state index in [4.69, 9.17) is 9.47 Å². The van der Waals surface area contributed by atoms with E-state index in [2.05, 4.69) is 21.4 Å². The molecule has 0 spiro atoms. The Balaban J connectivity index is 2.03. The molecule has 0 aromatic carbocycles. The molecule has 1 aliphatic heterocycles. The third-order valence-corrected chi connectivity index (χ3v) is 3.67. The Morgan fingerprint density at radius 1 is 1.38 bits per heavy atom. The number of alkyl halides is 3. The summed E-state index contributed by atoms with van der Waals surface area (Å²) in [5, 5.41) is 0. The minimum absolute atomic E-state index is 0.245. The summed E-state index contributed by atoms with van der Waals surface area (Å²) in [7, 11) is 0. The van der Waals surface area contributed by atoms with Gasteiger partial charge in [0.2, 0.25) is 0 Å². The zero-order valence-electron chi connectivity index (χ0n) is 13.5. The van der Waals surface area contributed by atoms with Gasteiger partial charge in [-0.3, -0.25) is 4.90 Å². The van der Waals surface area contributed by atoms with Gasteiger partial charge in [0.25, 0.3) is 0 Å². The number of allylic oxidation sites excluding steroid dienone is 1. The molecule has 0 N–H and O–H groups in total. The molecule has 1 fully saturated rings. The lowest BCUT2D eigenvalue weighted by atomic mass is 10.2. The Kier molecular flexibility index (Phi) is 6.99. The van der Waals surface area contributed by atoms with Crippen LogP contribution in [0.2, 0.25) is 0 Å². The summed E-state index contributed by atoms with van der Waals surface area (Å²) < 4.78 is 49.3. The average Bonchev–Trinajstić information content (AvgIpc) is 2.81. The molecule has 1 aliphatic rings. The summed E-state index contributed by atoms with van der Waals surface area (Å²) >= 11 is 0. The Labute approximate surface area is 139 Å². The van der Waals surface area contributed by atoms with Crippen molar-refractivity contribution in [3.05, 3.63) is 30.6 Å². The molecule has 0 unspecified atom stereocenters. The van der Waals surface area contributed by atoms with Crippen molar-refractivity contribution in [3.63, 3.8) is 0 Å². The molecule has 0 bridgehead atoms. The zero-order chi connectivity index (χ0) is 17.4. The second kappa shape index (κ2) is 8.98. The molecule has 5 nitrogen and oxygen atoms in total. The first-order valence-electron chi connectivity index (χ1n) is 7.97. The lowest BCUT2D eigenvalue weighted by Crippen LogP contribution is -2.37. The zero-order valence-corrected chi connectivity index (χ0v) is 13.5. The third-order valence-electron chi connectivity index (χ3n) is 3.67. The molecule has 1 saturated heterocycles. The average molecular weight is 345 g/mol. The maximum Gasteiger partial charge on any atom is 0.433 e. The molecule has 2 heterocycles. The molecule has 1 aromatic rings. The smallest absolute Gasteiger partial charge is 0.433 e. The highest BCUT2D eigenvalue weighted by atomic mass is 19.4. The fourth-order valence-electron chi connectivity index (χ4n) is 2.46. The number of ether oxygens (including phenoxy) is 2. The van der Waals surface area contributed by atoms with Crippen molar-refractivity contribution in [2.24, 2.45) is 0 Å². The molecule has 0 aliphatic carbocycles. The topological polar surface area (TPSA) is 47.5 Å². The van der Waals surface area contributed by atoms with Crippen LogP contribution in [0, 0.1) is 0 Å². The van der Waals surface area contributed by atoms with E-state index in [0.717, 1.165) is 38.4 Å². The summed E-state index contributed by atoms with van der Waals surface area (Å²) in [5.41, 5.74) is -1.00. The molecule has 24 heavy (non-hydrogen) atoms. The van der Waals surface area contributed by atoms with Gasteiger partial charge in [-0.15, -0.1) is 6.58 Å². The van der Waals surface area contributed by atoms with Crippen molar-refractivity contribution in [1.82, 2.24) is 14.9 Å². The number of nitrogens with zero attached hydrogens (tertiary/aromatic N) is 3. The van der Waals surface area contributed by atoms with Crippen LogP contribution < -0.4 is 4.74 Å². The summed E-state index contributed by atoms with van der Waals surface area (Å²) in [6.45, 7) is 7.30. The molecule has 1 aromatic heterocycles. The molecule has 1 atom stereocenters. The summed E-state index contributed by atoms with van der Waals surface area (Å²) in [5.74, 6) is 0. The molecule has 8 heteroatoms. The van der Waals surface area contributed by atoms with E-state index in [0.29, 0.717) is 26.0 Å². The van der Waals surface area contributed by atoms with Crippen LogP contribution in [0.4, 0.5) is 13.2 Å². The minimum Gasteiger partial charge on any atom is -0.459 e. The van der Waals surface area contributed by atoms with Gasteiger partial charge < -0.3 is 9.47 Å². The molecular formula is C16H22F3N3O2. The van der Waals surface area contributed by atoms with Gasteiger partial charge in [-0.1, -0.05) is 6.08 Å². The first kappa shape index (κ1) is 18.7. The second-order valence-corrected chi connectivity index (χ2v) is 5.59. The lowest BCUT2D eigenvalue weighted by Gasteiger charge is -2.25. The van der Waals surface area contributed by atoms with Crippen LogP contribution in [-0.4, -0.2) is 53.8 Å². The Morgan fingerprint density at radius 3 is 2.96 bits per heavy atom. The van der Waals surface area contributed by atoms with Gasteiger partial charge in [-0.25, -0.2) is 4.98 Å². The van der Waals surface area contributed by atoms with Gasteiger partial charge in [0.15, 0.2) is 5.69 Å². The Hall–Kier alpha value is -1.67. The van der Waals surface area contributed by atoms with Crippen LogP contribution in [0.1, 0.15) is 25.0 Å². The second-order valence-electron chi connectivity index (χ2n) is 5.59. The van der Waals surface area contributed by atoms with Crippen LogP contribution in [0.25, 0.3) is 0 Å². The quantitative estimate of drug-likeness (QED) is 0.711. The largest absolute Gasteiger partial charge is 0.459 e. The maximum absolute atomic E-state index is 12.7. The molecule has 0 saturated carbocycles. The standard InChI is InChI=1S/C16H22F3N3O2/c1-2-3-5-13(12-22-8-4-10-23-11-9-22)24-15-20-7-6-14(21-15)16(17,18)19/h2,6-7,13H,1,3-5,8-12H2/t13-/m1/s1. The third kappa shape index (κ3) is 6.09. The predicted molar refractivity (Wildman–Crippen MR) is 82.8 cm³/mol. The fraction of sp³-hybridized carbons (Fsp3) is 0.625. The number of rotatable bonds is 7. The monoisotopic (exact) mass is 345 g/mol. The lowest BCUT2D eigenvalue weighted by molar-refractivity contribution is -0.141. The van der Waals surface area contributed by atoms with E-state index in [1.807, 2.05) is 0 Å². The van der Waals surface area contributed by atoms with E-state index >= 15 is 0 Å². The van der Waals surface area contributed by atoms with Crippen LogP contribution in [0.3, 0.4) is 0 Å². The van der Waals surface area contributed by atoms with Crippen molar-refractivity contribution in [1.29, 1.82) is 0 Å². The predicted octanol–water partition coefficient (Wildman–Crippen LogP) is 2.93. The SMILES string of the molecule is C=CCC[C@H](CN1CCCOCC1)Oc1nccc(C(F)(F)F)n1. The molecular weight excluding hydrogens is 323 g/mol. The van der Waals surface area contributed by atoms with Gasteiger partial charge in [-0.05, 0) is 25.3 Å². The van der Waals surface area contributed by atoms with Crippen molar-refractivity contribution in [3.8, 4) is 6.01 Å². The molecule has 0 radical (unpaired) electrons. The first-order valence-corrected chi connectivity index (χ1v) is 7.97.